The summed E-state index contributed by atoms with van der Waals surface area (Å²) in [5.74, 6) is 0. The molecule has 0 aliphatic heterocycles. The van der Waals surface area contributed by atoms with E-state index < -0.39 is 0 Å². The minimum atomic E-state index is -0.338. The zero-order valence-electron chi connectivity index (χ0n) is 15.8. The van der Waals surface area contributed by atoms with Gasteiger partial charge in [-0.2, -0.15) is 0 Å². The SMILES string of the molecule is COC(C)C(C)(C)CC(C)(C)NC(=O)OC1CC/C=C/CCC1. The van der Waals surface area contributed by atoms with Crippen LogP contribution in [0, 0.1) is 5.41 Å². The van der Waals surface area contributed by atoms with Gasteiger partial charge in [0.1, 0.15) is 6.10 Å². The molecule has 134 valence electrons. The summed E-state index contributed by atoms with van der Waals surface area (Å²) in [6, 6.07) is 0. The van der Waals surface area contributed by atoms with Crippen molar-refractivity contribution >= 4 is 6.09 Å². The van der Waals surface area contributed by atoms with Crippen molar-refractivity contribution < 1.29 is 14.3 Å². The number of rotatable bonds is 6. The molecule has 4 nitrogen and oxygen atoms in total. The summed E-state index contributed by atoms with van der Waals surface area (Å²) >= 11 is 0. The summed E-state index contributed by atoms with van der Waals surface area (Å²) in [6.07, 6.45) is 10.1. The normalized spacial score (nSPS) is 22.6. The molecule has 0 bridgehead atoms. The maximum atomic E-state index is 12.3. The van der Waals surface area contributed by atoms with Crippen LogP contribution >= 0.6 is 0 Å². The number of hydrogen-bond acceptors (Lipinski definition) is 3. The first kappa shape index (κ1) is 20.0. The van der Waals surface area contributed by atoms with Gasteiger partial charge in [0.15, 0.2) is 0 Å². The van der Waals surface area contributed by atoms with Crippen molar-refractivity contribution in [2.24, 2.45) is 5.41 Å². The average molecular weight is 325 g/mol. The van der Waals surface area contributed by atoms with Gasteiger partial charge in [-0.15, -0.1) is 0 Å². The lowest BCUT2D eigenvalue weighted by Gasteiger charge is -2.38. The fraction of sp³-hybridized carbons (Fsp3) is 0.842. The topological polar surface area (TPSA) is 47.6 Å². The molecule has 2 atom stereocenters. The molecular formula is C19H35NO3. The Morgan fingerprint density at radius 1 is 1.22 bits per heavy atom. The van der Waals surface area contributed by atoms with Gasteiger partial charge in [0, 0.05) is 12.6 Å². The quantitative estimate of drug-likeness (QED) is 0.711. The average Bonchev–Trinajstić information content (AvgIpc) is 2.38. The minimum absolute atomic E-state index is 0.0293. The highest BCUT2D eigenvalue weighted by Gasteiger charge is 2.34. The van der Waals surface area contributed by atoms with Crippen molar-refractivity contribution in [1.82, 2.24) is 5.32 Å². The zero-order valence-corrected chi connectivity index (χ0v) is 15.8. The molecule has 1 aliphatic carbocycles. The van der Waals surface area contributed by atoms with Gasteiger partial charge >= 0.3 is 6.09 Å². The monoisotopic (exact) mass is 325 g/mol. The third-order valence-corrected chi connectivity index (χ3v) is 4.78. The summed E-state index contributed by atoms with van der Waals surface area (Å²) in [6.45, 7) is 10.5. The number of hydrogen-bond donors (Lipinski definition) is 1. The van der Waals surface area contributed by atoms with Crippen molar-refractivity contribution in [3.8, 4) is 0 Å². The molecule has 2 unspecified atom stereocenters. The van der Waals surface area contributed by atoms with Gasteiger partial charge in [-0.25, -0.2) is 4.79 Å². The Labute approximate surface area is 142 Å². The second-order valence-electron chi connectivity index (χ2n) is 8.06. The molecule has 1 aliphatic rings. The van der Waals surface area contributed by atoms with E-state index in [0.717, 1.165) is 38.5 Å². The van der Waals surface area contributed by atoms with E-state index in [9.17, 15) is 4.79 Å². The molecule has 0 aromatic rings. The third-order valence-electron chi connectivity index (χ3n) is 4.78. The Bertz CT molecular complexity index is 401. The van der Waals surface area contributed by atoms with Gasteiger partial charge in [-0.3, -0.25) is 0 Å². The van der Waals surface area contributed by atoms with Crippen molar-refractivity contribution in [2.45, 2.75) is 90.9 Å². The van der Waals surface area contributed by atoms with Crippen molar-refractivity contribution in [1.29, 1.82) is 0 Å². The van der Waals surface area contributed by atoms with Crippen LogP contribution < -0.4 is 5.32 Å². The van der Waals surface area contributed by atoms with E-state index in [0.29, 0.717) is 0 Å². The fourth-order valence-electron chi connectivity index (χ4n) is 3.35. The van der Waals surface area contributed by atoms with Crippen molar-refractivity contribution in [2.75, 3.05) is 7.11 Å². The van der Waals surface area contributed by atoms with Crippen LogP contribution in [0.3, 0.4) is 0 Å². The lowest BCUT2D eigenvalue weighted by atomic mass is 9.76. The maximum Gasteiger partial charge on any atom is 0.407 e. The van der Waals surface area contributed by atoms with Crippen LogP contribution in [0.5, 0.6) is 0 Å². The standard InChI is InChI=1S/C19H35NO3/c1-15(22-6)18(2,3)14-19(4,5)20-17(21)23-16-12-10-8-7-9-11-13-16/h7-8,15-16H,9-14H2,1-6H3,(H,20,21)/b8-7+. The van der Waals surface area contributed by atoms with Gasteiger partial charge in [-0.1, -0.05) is 26.0 Å². The predicted molar refractivity (Wildman–Crippen MR) is 94.6 cm³/mol. The molecule has 0 saturated heterocycles. The number of amides is 1. The number of alkyl carbamates (subject to hydrolysis) is 1. The molecular weight excluding hydrogens is 290 g/mol. The Morgan fingerprint density at radius 2 is 1.87 bits per heavy atom. The van der Waals surface area contributed by atoms with Crippen LogP contribution in [0.25, 0.3) is 0 Å². The summed E-state index contributed by atoms with van der Waals surface area (Å²) in [7, 11) is 1.73. The molecule has 1 N–H and O–H groups in total. The largest absolute Gasteiger partial charge is 0.446 e. The number of allylic oxidation sites excluding steroid dienone is 2. The van der Waals surface area contributed by atoms with E-state index in [-0.39, 0.29) is 29.3 Å². The number of methoxy groups -OCH3 is 1. The van der Waals surface area contributed by atoms with Crippen LogP contribution in [0.15, 0.2) is 12.2 Å². The van der Waals surface area contributed by atoms with E-state index >= 15 is 0 Å². The van der Waals surface area contributed by atoms with Gasteiger partial charge in [0.25, 0.3) is 0 Å². The molecule has 1 rings (SSSR count). The lowest BCUT2D eigenvalue weighted by molar-refractivity contribution is 0.00140. The Hall–Kier alpha value is -1.03. The molecule has 4 heteroatoms. The summed E-state index contributed by atoms with van der Waals surface area (Å²) in [5.41, 5.74) is -0.370. The van der Waals surface area contributed by atoms with Crippen LogP contribution in [0.4, 0.5) is 4.79 Å². The zero-order chi connectivity index (χ0) is 17.5. The highest BCUT2D eigenvalue weighted by Crippen LogP contribution is 2.32. The molecule has 0 saturated carbocycles. The van der Waals surface area contributed by atoms with Crippen LogP contribution in [-0.4, -0.2) is 30.9 Å². The molecule has 0 radical (unpaired) electrons. The Morgan fingerprint density at radius 3 is 2.52 bits per heavy atom. The summed E-state index contributed by atoms with van der Waals surface area (Å²) in [4.78, 5) is 12.3. The van der Waals surface area contributed by atoms with E-state index in [1.54, 1.807) is 7.11 Å². The molecule has 0 aromatic carbocycles. The highest BCUT2D eigenvalue weighted by atomic mass is 16.6. The van der Waals surface area contributed by atoms with Gasteiger partial charge < -0.3 is 14.8 Å². The minimum Gasteiger partial charge on any atom is -0.446 e. The molecule has 23 heavy (non-hydrogen) atoms. The van der Waals surface area contributed by atoms with Gasteiger partial charge in [0.05, 0.1) is 6.10 Å². The third kappa shape index (κ3) is 7.38. The molecule has 1 amide bonds. The Balaban J connectivity index is 2.52. The molecule has 0 spiro atoms. The van der Waals surface area contributed by atoms with Gasteiger partial charge in [0.2, 0.25) is 0 Å². The summed E-state index contributed by atoms with van der Waals surface area (Å²) in [5, 5.41) is 3.04. The van der Waals surface area contributed by atoms with E-state index in [2.05, 4.69) is 38.2 Å². The van der Waals surface area contributed by atoms with Crippen LogP contribution in [-0.2, 0) is 9.47 Å². The molecule has 0 fully saturated rings. The van der Waals surface area contributed by atoms with Crippen molar-refractivity contribution in [3.05, 3.63) is 12.2 Å². The number of nitrogens with one attached hydrogen (secondary N) is 1. The second-order valence-corrected chi connectivity index (χ2v) is 8.06. The Kier molecular flexibility index (Phi) is 7.59. The number of carbonyl (C=O) groups is 1. The fourth-order valence-corrected chi connectivity index (χ4v) is 3.35. The number of ether oxygens (including phenoxy) is 2. The highest BCUT2D eigenvalue weighted by molar-refractivity contribution is 5.68. The van der Waals surface area contributed by atoms with Crippen molar-refractivity contribution in [3.63, 3.8) is 0 Å². The van der Waals surface area contributed by atoms with E-state index in [1.165, 1.54) is 0 Å². The van der Waals surface area contributed by atoms with Crippen LogP contribution in [0.1, 0.15) is 73.1 Å². The first-order chi connectivity index (χ1) is 10.7. The summed E-state index contributed by atoms with van der Waals surface area (Å²) < 4.78 is 11.1. The lowest BCUT2D eigenvalue weighted by Crippen LogP contribution is -2.49. The second kappa shape index (κ2) is 8.72. The predicted octanol–water partition coefficient (Wildman–Crippen LogP) is 4.83. The van der Waals surface area contributed by atoms with Gasteiger partial charge in [-0.05, 0) is 64.7 Å². The van der Waals surface area contributed by atoms with E-state index in [4.69, 9.17) is 9.47 Å². The number of carbonyl (C=O) groups excluding carboxylic acids is 1. The first-order valence-electron chi connectivity index (χ1n) is 8.83. The molecule has 0 aromatic heterocycles. The first-order valence-corrected chi connectivity index (χ1v) is 8.83. The molecule has 0 heterocycles. The smallest absolute Gasteiger partial charge is 0.407 e. The maximum absolute atomic E-state index is 12.3. The van der Waals surface area contributed by atoms with Crippen LogP contribution in [0.2, 0.25) is 0 Å². The van der Waals surface area contributed by atoms with E-state index in [1.807, 2.05) is 13.8 Å².